The van der Waals surface area contributed by atoms with Gasteiger partial charge in [0.05, 0.1) is 5.75 Å². The Morgan fingerprint density at radius 2 is 1.89 bits per heavy atom. The first kappa shape index (κ1) is 9.13. The summed E-state index contributed by atoms with van der Waals surface area (Å²) in [4.78, 5) is 0. The van der Waals surface area contributed by atoms with Gasteiger partial charge >= 0.3 is 0 Å². The van der Waals surface area contributed by atoms with Crippen LogP contribution in [-0.2, 0) is 0 Å². The minimum Gasteiger partial charge on any atom is -0.152 e. The van der Waals surface area contributed by atoms with Crippen molar-refractivity contribution in [3.05, 3.63) is 0 Å². The van der Waals surface area contributed by atoms with Crippen LogP contribution in [0.2, 0.25) is 19.6 Å². The number of rotatable bonds is 1. The Labute approximate surface area is 63.4 Å². The molecule has 0 saturated heterocycles. The van der Waals surface area contributed by atoms with Gasteiger partial charge in [-0.1, -0.05) is 25.6 Å². The summed E-state index contributed by atoms with van der Waals surface area (Å²) in [5.74, 6) is 4.14. The van der Waals surface area contributed by atoms with E-state index in [0.29, 0.717) is 0 Å². The van der Waals surface area contributed by atoms with Crippen molar-refractivity contribution in [2.75, 3.05) is 12.0 Å². The molecule has 52 valence electrons. The van der Waals surface area contributed by atoms with E-state index in [9.17, 15) is 0 Å². The highest BCUT2D eigenvalue weighted by molar-refractivity contribution is 7.98. The Morgan fingerprint density at radius 1 is 1.33 bits per heavy atom. The summed E-state index contributed by atoms with van der Waals surface area (Å²) in [5.41, 5.74) is 3.29. The lowest BCUT2D eigenvalue weighted by Crippen LogP contribution is -2.16. The molecule has 0 aliphatic heterocycles. The molecule has 0 atom stereocenters. The van der Waals surface area contributed by atoms with Crippen LogP contribution in [0.1, 0.15) is 0 Å². The number of hydrogen-bond donors (Lipinski definition) is 0. The van der Waals surface area contributed by atoms with Crippen LogP contribution in [-0.4, -0.2) is 20.1 Å². The normalized spacial score (nSPS) is 10.2. The van der Waals surface area contributed by atoms with E-state index in [0.717, 1.165) is 5.75 Å². The molecule has 0 N–H and O–H groups in total. The smallest absolute Gasteiger partial charge is 0.129 e. The molecule has 0 aliphatic carbocycles. The second-order valence-electron chi connectivity index (χ2n) is 2.98. The number of thioether (sulfide) groups is 1. The van der Waals surface area contributed by atoms with Crippen molar-refractivity contribution in [1.82, 2.24) is 0 Å². The third kappa shape index (κ3) is 8.13. The van der Waals surface area contributed by atoms with Crippen LogP contribution < -0.4 is 0 Å². The van der Waals surface area contributed by atoms with E-state index >= 15 is 0 Å². The molecule has 0 aromatic rings. The monoisotopic (exact) mass is 158 g/mol. The third-order valence-corrected chi connectivity index (χ3v) is 2.04. The van der Waals surface area contributed by atoms with E-state index in [-0.39, 0.29) is 0 Å². The second kappa shape index (κ2) is 4.03. The van der Waals surface area contributed by atoms with Gasteiger partial charge in [-0.2, -0.15) is 11.8 Å². The first-order valence-electron chi connectivity index (χ1n) is 3.05. The molecule has 0 bridgehead atoms. The highest BCUT2D eigenvalue weighted by Crippen LogP contribution is 1.97. The molecule has 0 aromatic heterocycles. The predicted molar refractivity (Wildman–Crippen MR) is 49.5 cm³/mol. The van der Waals surface area contributed by atoms with Gasteiger partial charge in [0.25, 0.3) is 0 Å². The molecule has 0 radical (unpaired) electrons. The van der Waals surface area contributed by atoms with Gasteiger partial charge in [-0.25, -0.2) is 0 Å². The zero-order chi connectivity index (χ0) is 7.33. The lowest BCUT2D eigenvalue weighted by Gasteiger charge is -2.02. The molecular weight excluding hydrogens is 144 g/mol. The van der Waals surface area contributed by atoms with E-state index < -0.39 is 8.07 Å². The zero-order valence-corrected chi connectivity index (χ0v) is 8.43. The van der Waals surface area contributed by atoms with Crippen molar-refractivity contribution in [1.29, 1.82) is 0 Å². The highest BCUT2D eigenvalue weighted by atomic mass is 32.2. The van der Waals surface area contributed by atoms with Gasteiger partial charge in [-0.15, -0.1) is 5.54 Å². The molecule has 0 spiro atoms. The average Bonchev–Trinajstić information content (AvgIpc) is 1.63. The molecule has 0 aromatic carbocycles. The van der Waals surface area contributed by atoms with E-state index in [4.69, 9.17) is 0 Å². The quantitative estimate of drug-likeness (QED) is 0.416. The van der Waals surface area contributed by atoms with Crippen LogP contribution in [0.15, 0.2) is 0 Å². The molecule has 0 heterocycles. The van der Waals surface area contributed by atoms with Crippen molar-refractivity contribution in [2.24, 2.45) is 0 Å². The standard InChI is InChI=1S/C7H14SSi/c1-8-6-5-7-9(2,3)4/h6H2,1-4H3. The maximum absolute atomic E-state index is 3.29. The molecule has 0 fully saturated rings. The number of hydrogen-bond acceptors (Lipinski definition) is 1. The molecule has 0 saturated carbocycles. The summed E-state index contributed by atoms with van der Waals surface area (Å²) >= 11 is 1.79. The maximum Gasteiger partial charge on any atom is 0.129 e. The van der Waals surface area contributed by atoms with E-state index in [1.165, 1.54) is 0 Å². The first-order chi connectivity index (χ1) is 4.06. The molecule has 9 heavy (non-hydrogen) atoms. The summed E-state index contributed by atoms with van der Waals surface area (Å²) in [7, 11) is -1.07. The van der Waals surface area contributed by atoms with Crippen LogP contribution in [0.25, 0.3) is 0 Å². The predicted octanol–water partition coefficient (Wildman–Crippen LogP) is 2.23. The molecule has 0 unspecified atom stereocenters. The summed E-state index contributed by atoms with van der Waals surface area (Å²) in [5, 5.41) is 0. The molecule has 0 amide bonds. The Hall–Kier alpha value is 0.127. The van der Waals surface area contributed by atoms with Crippen molar-refractivity contribution in [2.45, 2.75) is 19.6 Å². The van der Waals surface area contributed by atoms with Crippen molar-refractivity contribution >= 4 is 19.8 Å². The van der Waals surface area contributed by atoms with Crippen molar-refractivity contribution in [3.8, 4) is 11.5 Å². The minimum atomic E-state index is -1.07. The Bertz CT molecular complexity index is 124. The van der Waals surface area contributed by atoms with E-state index in [1.54, 1.807) is 11.8 Å². The SMILES string of the molecule is CSCC#C[Si](C)(C)C. The molecular formula is C7H14SSi. The molecule has 0 rings (SSSR count). The van der Waals surface area contributed by atoms with Gasteiger partial charge in [0.2, 0.25) is 0 Å². The van der Waals surface area contributed by atoms with Crippen LogP contribution in [0, 0.1) is 11.5 Å². The first-order valence-corrected chi connectivity index (χ1v) is 7.94. The topological polar surface area (TPSA) is 0 Å². The van der Waals surface area contributed by atoms with Gasteiger partial charge in [0.15, 0.2) is 0 Å². The summed E-state index contributed by atoms with van der Waals surface area (Å²) < 4.78 is 0. The van der Waals surface area contributed by atoms with Gasteiger partial charge in [-0.3, -0.25) is 0 Å². The lowest BCUT2D eigenvalue weighted by molar-refractivity contribution is 1.80. The van der Waals surface area contributed by atoms with Crippen LogP contribution >= 0.6 is 11.8 Å². The Balaban J connectivity index is 3.59. The van der Waals surface area contributed by atoms with Gasteiger partial charge in [-0.05, 0) is 6.26 Å². The minimum absolute atomic E-state index is 0.990. The highest BCUT2D eigenvalue weighted by Gasteiger charge is 2.06. The fourth-order valence-corrected chi connectivity index (χ4v) is 1.34. The van der Waals surface area contributed by atoms with E-state index in [1.807, 2.05) is 0 Å². The second-order valence-corrected chi connectivity index (χ2v) is 8.60. The third-order valence-electron chi connectivity index (χ3n) is 0.680. The Kier molecular flexibility index (Phi) is 4.08. The zero-order valence-electron chi connectivity index (χ0n) is 6.62. The van der Waals surface area contributed by atoms with Crippen molar-refractivity contribution < 1.29 is 0 Å². The van der Waals surface area contributed by atoms with Gasteiger partial charge in [0, 0.05) is 0 Å². The average molecular weight is 158 g/mol. The fraction of sp³-hybridized carbons (Fsp3) is 0.714. The largest absolute Gasteiger partial charge is 0.152 e. The Morgan fingerprint density at radius 3 is 2.22 bits per heavy atom. The van der Waals surface area contributed by atoms with E-state index in [2.05, 4.69) is 37.4 Å². The molecule has 0 nitrogen and oxygen atoms in total. The van der Waals surface area contributed by atoms with Gasteiger partial charge in [0.1, 0.15) is 8.07 Å². The van der Waals surface area contributed by atoms with Crippen molar-refractivity contribution in [3.63, 3.8) is 0 Å². The summed E-state index contributed by atoms with van der Waals surface area (Å²) in [6.45, 7) is 6.79. The fourth-order valence-electron chi connectivity index (χ4n) is 0.373. The van der Waals surface area contributed by atoms with Crippen LogP contribution in [0.5, 0.6) is 0 Å². The lowest BCUT2D eigenvalue weighted by atomic mass is 10.8. The van der Waals surface area contributed by atoms with Crippen LogP contribution in [0.4, 0.5) is 0 Å². The molecule has 2 heteroatoms. The maximum atomic E-state index is 3.29. The van der Waals surface area contributed by atoms with Crippen LogP contribution in [0.3, 0.4) is 0 Å². The summed E-state index contributed by atoms with van der Waals surface area (Å²) in [6, 6.07) is 0. The van der Waals surface area contributed by atoms with Gasteiger partial charge < -0.3 is 0 Å². The molecule has 0 aliphatic rings. The summed E-state index contributed by atoms with van der Waals surface area (Å²) in [6.07, 6.45) is 2.08.